The summed E-state index contributed by atoms with van der Waals surface area (Å²) < 4.78 is 83.1. The van der Waals surface area contributed by atoms with E-state index in [2.05, 4.69) is 11.7 Å². The molecule has 0 radical (unpaired) electrons. The molecule has 36 heavy (non-hydrogen) atoms. The predicted molar refractivity (Wildman–Crippen MR) is 129 cm³/mol. The maximum atomic E-state index is 15.2. The molecule has 0 spiro atoms. The van der Waals surface area contributed by atoms with E-state index in [9.17, 15) is 8.78 Å². The molecule has 2 unspecified atom stereocenters. The number of benzene rings is 3. The molecule has 0 amide bonds. The Morgan fingerprint density at radius 2 is 1.47 bits per heavy atom. The van der Waals surface area contributed by atoms with Gasteiger partial charge < -0.3 is 9.47 Å². The second kappa shape index (κ2) is 9.85. The highest BCUT2D eigenvalue weighted by Gasteiger charge is 2.40. The summed E-state index contributed by atoms with van der Waals surface area (Å²) in [5, 5.41) is 0. The van der Waals surface area contributed by atoms with E-state index in [1.54, 1.807) is 0 Å². The van der Waals surface area contributed by atoms with Crippen molar-refractivity contribution in [1.29, 1.82) is 0 Å². The third-order valence-corrected chi connectivity index (χ3v) is 6.73. The molecule has 192 valence electrons. The molecule has 0 N–H and O–H groups in total. The van der Waals surface area contributed by atoms with Crippen LogP contribution in [0, 0.1) is 51.1 Å². The van der Waals surface area contributed by atoms with Crippen molar-refractivity contribution in [2.75, 3.05) is 6.61 Å². The number of ether oxygens (including phenoxy) is 2. The van der Waals surface area contributed by atoms with Crippen molar-refractivity contribution in [3.05, 3.63) is 87.2 Å². The van der Waals surface area contributed by atoms with E-state index in [0.29, 0.717) is 24.2 Å². The van der Waals surface area contributed by atoms with Crippen molar-refractivity contribution >= 4 is 0 Å². The van der Waals surface area contributed by atoms with E-state index in [0.717, 1.165) is 47.2 Å². The lowest BCUT2D eigenvalue weighted by atomic mass is 9.88. The molecule has 1 aliphatic heterocycles. The van der Waals surface area contributed by atoms with Crippen molar-refractivity contribution < 1.29 is 31.4 Å². The predicted octanol–water partition coefficient (Wildman–Crippen LogP) is 8.62. The zero-order chi connectivity index (χ0) is 26.4. The molecule has 1 fully saturated rings. The smallest absolute Gasteiger partial charge is 0.429 e. The van der Waals surface area contributed by atoms with Crippen LogP contribution in [-0.2, 0) is 10.8 Å². The molecule has 2 atom stereocenters. The molecule has 4 rings (SSSR count). The first-order chi connectivity index (χ1) is 16.9. The van der Waals surface area contributed by atoms with E-state index in [1.165, 1.54) is 19.9 Å². The van der Waals surface area contributed by atoms with Crippen LogP contribution in [0.2, 0.25) is 0 Å². The molecule has 1 aliphatic rings. The number of aryl methyl sites for hydroxylation is 4. The standard InChI is InChI=1S/C29H29F5O2/c1-15-6-7-25(35-14-15)20-8-16(2)26(17(3)9-20)21-10-18(4)27(23(30)12-21)29(33,34)36-22-11-19(5)28(32)24(31)13-22/h8-13,15,25H,6-7,14H2,1-5H3. The molecule has 0 saturated carbocycles. The lowest BCUT2D eigenvalue weighted by molar-refractivity contribution is -0.188. The molecule has 0 aromatic heterocycles. The lowest BCUT2D eigenvalue weighted by Gasteiger charge is -2.28. The lowest BCUT2D eigenvalue weighted by Crippen LogP contribution is -2.25. The molecule has 3 aromatic carbocycles. The van der Waals surface area contributed by atoms with Gasteiger partial charge in [-0.1, -0.05) is 25.1 Å². The van der Waals surface area contributed by atoms with E-state index in [4.69, 9.17) is 4.74 Å². The summed E-state index contributed by atoms with van der Waals surface area (Å²) in [6, 6.07) is 8.02. The van der Waals surface area contributed by atoms with Gasteiger partial charge in [0, 0.05) is 12.7 Å². The van der Waals surface area contributed by atoms with Crippen LogP contribution < -0.4 is 4.74 Å². The van der Waals surface area contributed by atoms with Crippen molar-refractivity contribution in [3.8, 4) is 16.9 Å². The molecule has 7 heteroatoms. The SMILES string of the molecule is Cc1cc(OC(F)(F)c2c(C)cc(-c3c(C)cc(C4CCC(C)CO4)cc3C)cc2F)cc(F)c1F. The zero-order valence-electron chi connectivity index (χ0n) is 20.9. The monoisotopic (exact) mass is 504 g/mol. The van der Waals surface area contributed by atoms with Gasteiger partial charge in [-0.2, -0.15) is 8.78 Å². The van der Waals surface area contributed by atoms with Gasteiger partial charge in [0.05, 0.1) is 6.10 Å². The molecular formula is C29H29F5O2. The Morgan fingerprint density at radius 1 is 0.806 bits per heavy atom. The van der Waals surface area contributed by atoms with E-state index in [1.807, 2.05) is 26.0 Å². The van der Waals surface area contributed by atoms with Gasteiger partial charge in [-0.3, -0.25) is 0 Å². The van der Waals surface area contributed by atoms with Gasteiger partial charge in [-0.25, -0.2) is 13.2 Å². The summed E-state index contributed by atoms with van der Waals surface area (Å²) in [6.45, 7) is 9.26. The Hall–Kier alpha value is -2.93. The van der Waals surface area contributed by atoms with Gasteiger partial charge in [0.15, 0.2) is 11.6 Å². The van der Waals surface area contributed by atoms with Crippen LogP contribution in [0.5, 0.6) is 5.75 Å². The third kappa shape index (κ3) is 5.12. The van der Waals surface area contributed by atoms with Crippen molar-refractivity contribution in [2.24, 2.45) is 5.92 Å². The molecule has 2 nitrogen and oxygen atoms in total. The Kier molecular flexibility index (Phi) is 7.15. The van der Waals surface area contributed by atoms with Gasteiger partial charge in [0.1, 0.15) is 17.1 Å². The van der Waals surface area contributed by atoms with Gasteiger partial charge in [0.2, 0.25) is 0 Å². The first kappa shape index (κ1) is 26.1. The average molecular weight is 505 g/mol. The van der Waals surface area contributed by atoms with Crippen LogP contribution in [0.1, 0.15) is 59.3 Å². The fraction of sp³-hybridized carbons (Fsp3) is 0.379. The summed E-state index contributed by atoms with van der Waals surface area (Å²) in [5.41, 5.74) is 2.88. The summed E-state index contributed by atoms with van der Waals surface area (Å²) in [6.07, 6.45) is -2.10. The summed E-state index contributed by atoms with van der Waals surface area (Å²) in [5.74, 6) is -3.70. The quantitative estimate of drug-likeness (QED) is 0.324. The van der Waals surface area contributed by atoms with Crippen LogP contribution in [0.4, 0.5) is 22.0 Å². The van der Waals surface area contributed by atoms with Crippen molar-refractivity contribution in [3.63, 3.8) is 0 Å². The zero-order valence-corrected chi connectivity index (χ0v) is 20.9. The number of rotatable bonds is 5. The summed E-state index contributed by atoms with van der Waals surface area (Å²) >= 11 is 0. The summed E-state index contributed by atoms with van der Waals surface area (Å²) in [7, 11) is 0. The largest absolute Gasteiger partial charge is 0.429 e. The highest BCUT2D eigenvalue weighted by Crippen LogP contribution is 2.40. The van der Waals surface area contributed by atoms with Gasteiger partial charge >= 0.3 is 6.11 Å². The molecule has 1 heterocycles. The average Bonchev–Trinajstić information content (AvgIpc) is 2.76. The number of alkyl halides is 2. The second-order valence-corrected chi connectivity index (χ2v) is 9.84. The van der Waals surface area contributed by atoms with Gasteiger partial charge in [-0.15, -0.1) is 0 Å². The third-order valence-electron chi connectivity index (χ3n) is 6.73. The molecular weight excluding hydrogens is 475 g/mol. The first-order valence-electron chi connectivity index (χ1n) is 11.9. The number of hydrogen-bond donors (Lipinski definition) is 0. The molecule has 1 saturated heterocycles. The maximum Gasteiger partial charge on any atom is 0.429 e. The van der Waals surface area contributed by atoms with Crippen LogP contribution in [0.15, 0.2) is 36.4 Å². The van der Waals surface area contributed by atoms with E-state index in [-0.39, 0.29) is 17.2 Å². The molecule has 0 aliphatic carbocycles. The fourth-order valence-electron chi connectivity index (χ4n) is 4.99. The summed E-state index contributed by atoms with van der Waals surface area (Å²) in [4.78, 5) is 0. The fourth-order valence-corrected chi connectivity index (χ4v) is 4.99. The second-order valence-electron chi connectivity index (χ2n) is 9.84. The number of hydrogen-bond acceptors (Lipinski definition) is 2. The van der Waals surface area contributed by atoms with Gasteiger partial charge in [-0.05, 0) is 97.5 Å². The van der Waals surface area contributed by atoms with Crippen LogP contribution in [-0.4, -0.2) is 6.61 Å². The Morgan fingerprint density at radius 3 is 2.03 bits per heavy atom. The molecule has 0 bridgehead atoms. The number of halogens is 5. The van der Waals surface area contributed by atoms with Crippen LogP contribution >= 0.6 is 0 Å². The normalized spacial score (nSPS) is 18.4. The van der Waals surface area contributed by atoms with Crippen LogP contribution in [0.3, 0.4) is 0 Å². The minimum absolute atomic E-state index is 0.00396. The first-order valence-corrected chi connectivity index (χ1v) is 11.9. The Labute approximate surface area is 208 Å². The Bertz CT molecular complexity index is 1220. The highest BCUT2D eigenvalue weighted by atomic mass is 19.3. The minimum Gasteiger partial charge on any atom is -0.429 e. The van der Waals surface area contributed by atoms with Crippen molar-refractivity contribution in [1.82, 2.24) is 0 Å². The topological polar surface area (TPSA) is 18.5 Å². The van der Waals surface area contributed by atoms with Crippen molar-refractivity contribution in [2.45, 2.75) is 59.7 Å². The minimum atomic E-state index is -4.10. The van der Waals surface area contributed by atoms with Crippen LogP contribution in [0.25, 0.3) is 11.1 Å². The molecule has 3 aromatic rings. The Balaban J connectivity index is 1.66. The van der Waals surface area contributed by atoms with E-state index >= 15 is 13.2 Å². The maximum absolute atomic E-state index is 15.2. The van der Waals surface area contributed by atoms with E-state index < -0.39 is 34.9 Å². The van der Waals surface area contributed by atoms with Gasteiger partial charge in [0.25, 0.3) is 0 Å². The highest BCUT2D eigenvalue weighted by molar-refractivity contribution is 5.72.